The molecule has 0 atom stereocenters. The smallest absolute Gasteiger partial charge is 0.180 e. The summed E-state index contributed by atoms with van der Waals surface area (Å²) in [5.74, 6) is 0.717. The molecule has 2 aromatic heterocycles. The summed E-state index contributed by atoms with van der Waals surface area (Å²) in [4.78, 5) is 8.98. The third kappa shape index (κ3) is 2.48. The Labute approximate surface area is 133 Å². The first-order valence-electron chi connectivity index (χ1n) is 7.31. The molecule has 0 spiro atoms. The van der Waals surface area contributed by atoms with E-state index < -0.39 is 0 Å². The first kappa shape index (κ1) is 13.3. The van der Waals surface area contributed by atoms with Crippen LogP contribution in [0.5, 0.6) is 0 Å². The van der Waals surface area contributed by atoms with Crippen LogP contribution in [0.1, 0.15) is 0 Å². The Bertz CT molecular complexity index is 959. The van der Waals surface area contributed by atoms with Gasteiger partial charge in [-0.2, -0.15) is 0 Å². The maximum atomic E-state index is 5.89. The molecule has 0 amide bonds. The molecule has 0 fully saturated rings. The third-order valence-corrected chi connectivity index (χ3v) is 3.65. The van der Waals surface area contributed by atoms with Crippen molar-refractivity contribution >= 4 is 22.8 Å². The number of nitrogens with zero attached hydrogens (tertiary/aromatic N) is 3. The lowest BCUT2D eigenvalue weighted by Gasteiger charge is -2.11. The SMILES string of the molecule is Nc1cccc(-c2cnc(Nc3ccccc3)c3nccn23)c1. The second-order valence-corrected chi connectivity index (χ2v) is 5.23. The van der Waals surface area contributed by atoms with E-state index in [0.717, 1.165) is 28.3 Å². The molecule has 0 saturated heterocycles. The molecule has 0 radical (unpaired) electrons. The summed E-state index contributed by atoms with van der Waals surface area (Å²) < 4.78 is 2.01. The summed E-state index contributed by atoms with van der Waals surface area (Å²) in [6.07, 6.45) is 5.52. The maximum Gasteiger partial charge on any atom is 0.180 e. The van der Waals surface area contributed by atoms with Crippen molar-refractivity contribution < 1.29 is 0 Å². The van der Waals surface area contributed by atoms with E-state index in [1.54, 1.807) is 6.20 Å². The van der Waals surface area contributed by atoms with Crippen molar-refractivity contribution in [3.05, 3.63) is 73.2 Å². The predicted octanol–water partition coefficient (Wildman–Crippen LogP) is 3.72. The van der Waals surface area contributed by atoms with E-state index in [0.29, 0.717) is 5.82 Å². The molecule has 4 aromatic rings. The number of anilines is 3. The summed E-state index contributed by atoms with van der Waals surface area (Å²) in [5, 5.41) is 3.30. The van der Waals surface area contributed by atoms with Crippen molar-refractivity contribution in [2.75, 3.05) is 11.1 Å². The van der Waals surface area contributed by atoms with Gasteiger partial charge in [0.15, 0.2) is 11.5 Å². The fourth-order valence-corrected chi connectivity index (χ4v) is 2.58. The number of nitrogens with one attached hydrogen (secondary N) is 1. The van der Waals surface area contributed by atoms with Crippen LogP contribution in [0, 0.1) is 0 Å². The Morgan fingerprint density at radius 3 is 2.65 bits per heavy atom. The minimum absolute atomic E-state index is 0.717. The summed E-state index contributed by atoms with van der Waals surface area (Å²) in [7, 11) is 0. The van der Waals surface area contributed by atoms with Gasteiger partial charge < -0.3 is 11.1 Å². The van der Waals surface area contributed by atoms with Gasteiger partial charge in [-0.3, -0.25) is 4.40 Å². The van der Waals surface area contributed by atoms with Gasteiger partial charge in [0.25, 0.3) is 0 Å². The molecule has 3 N–H and O–H groups in total. The third-order valence-electron chi connectivity index (χ3n) is 3.65. The Balaban J connectivity index is 1.82. The van der Waals surface area contributed by atoms with Crippen LogP contribution < -0.4 is 11.1 Å². The number of nitrogens with two attached hydrogens (primary N) is 1. The molecule has 4 rings (SSSR count). The molecule has 0 saturated carbocycles. The van der Waals surface area contributed by atoms with Crippen LogP contribution in [0.2, 0.25) is 0 Å². The number of para-hydroxylation sites is 1. The monoisotopic (exact) mass is 301 g/mol. The van der Waals surface area contributed by atoms with Crippen LogP contribution in [0.3, 0.4) is 0 Å². The normalized spacial score (nSPS) is 10.8. The zero-order chi connectivity index (χ0) is 15.6. The van der Waals surface area contributed by atoms with Gasteiger partial charge in [0.05, 0.1) is 11.9 Å². The second-order valence-electron chi connectivity index (χ2n) is 5.23. The van der Waals surface area contributed by atoms with E-state index in [4.69, 9.17) is 5.73 Å². The number of benzene rings is 2. The first-order chi connectivity index (χ1) is 11.3. The molecule has 112 valence electrons. The molecule has 0 aliphatic heterocycles. The highest BCUT2D eigenvalue weighted by atomic mass is 15.1. The highest BCUT2D eigenvalue weighted by Gasteiger charge is 2.10. The topological polar surface area (TPSA) is 68.2 Å². The first-order valence-corrected chi connectivity index (χ1v) is 7.31. The molecular formula is C18H15N5. The zero-order valence-corrected chi connectivity index (χ0v) is 12.3. The number of nitrogen functional groups attached to an aromatic ring is 1. The molecule has 0 aliphatic rings. The standard InChI is InChI=1S/C18H15N5/c19-14-6-4-5-13(11-14)16-12-21-17(18-20-9-10-23(16)18)22-15-7-2-1-3-8-15/h1-12H,19H2,(H,21,22). The van der Waals surface area contributed by atoms with Crippen LogP contribution >= 0.6 is 0 Å². The Morgan fingerprint density at radius 1 is 0.957 bits per heavy atom. The summed E-state index contributed by atoms with van der Waals surface area (Å²) in [5.41, 5.74) is 10.3. The quantitative estimate of drug-likeness (QED) is 0.566. The molecule has 23 heavy (non-hydrogen) atoms. The van der Waals surface area contributed by atoms with Crippen molar-refractivity contribution in [3.8, 4) is 11.3 Å². The maximum absolute atomic E-state index is 5.89. The fourth-order valence-electron chi connectivity index (χ4n) is 2.58. The highest BCUT2D eigenvalue weighted by Crippen LogP contribution is 2.26. The predicted molar refractivity (Wildman–Crippen MR) is 92.6 cm³/mol. The minimum Gasteiger partial charge on any atom is -0.399 e. The van der Waals surface area contributed by atoms with Crippen molar-refractivity contribution in [1.82, 2.24) is 14.4 Å². The number of rotatable bonds is 3. The zero-order valence-electron chi connectivity index (χ0n) is 12.3. The number of imidazole rings is 1. The van der Waals surface area contributed by atoms with Crippen LogP contribution in [0.4, 0.5) is 17.2 Å². The van der Waals surface area contributed by atoms with Crippen LogP contribution in [0.25, 0.3) is 16.9 Å². The lowest BCUT2D eigenvalue weighted by atomic mass is 10.1. The second kappa shape index (κ2) is 5.46. The van der Waals surface area contributed by atoms with E-state index in [-0.39, 0.29) is 0 Å². The summed E-state index contributed by atoms with van der Waals surface area (Å²) in [6.45, 7) is 0. The molecule has 5 heteroatoms. The Kier molecular flexibility index (Phi) is 3.16. The van der Waals surface area contributed by atoms with Gasteiger partial charge >= 0.3 is 0 Å². The fraction of sp³-hybridized carbons (Fsp3) is 0. The van der Waals surface area contributed by atoms with E-state index in [1.807, 2.05) is 71.4 Å². The molecule has 0 bridgehead atoms. The highest BCUT2D eigenvalue weighted by molar-refractivity contribution is 5.74. The lowest BCUT2D eigenvalue weighted by molar-refractivity contribution is 1.13. The number of fused-ring (bicyclic) bond motifs is 1. The number of aromatic nitrogens is 3. The molecule has 2 heterocycles. The minimum atomic E-state index is 0.717. The lowest BCUT2D eigenvalue weighted by Crippen LogP contribution is -2.00. The van der Waals surface area contributed by atoms with Gasteiger partial charge in [-0.25, -0.2) is 9.97 Å². The van der Waals surface area contributed by atoms with Gasteiger partial charge in [0.1, 0.15) is 0 Å². The average Bonchev–Trinajstić information content (AvgIpc) is 3.06. The molecule has 0 unspecified atom stereocenters. The molecular weight excluding hydrogens is 286 g/mol. The van der Waals surface area contributed by atoms with Gasteiger partial charge in [-0.05, 0) is 24.3 Å². The van der Waals surface area contributed by atoms with Gasteiger partial charge in [-0.1, -0.05) is 30.3 Å². The van der Waals surface area contributed by atoms with E-state index in [9.17, 15) is 0 Å². The van der Waals surface area contributed by atoms with E-state index in [2.05, 4.69) is 15.3 Å². The number of hydrogen-bond acceptors (Lipinski definition) is 4. The van der Waals surface area contributed by atoms with Crippen molar-refractivity contribution in [3.63, 3.8) is 0 Å². The van der Waals surface area contributed by atoms with E-state index >= 15 is 0 Å². The van der Waals surface area contributed by atoms with E-state index in [1.165, 1.54) is 0 Å². The molecule has 0 aliphatic carbocycles. The van der Waals surface area contributed by atoms with Crippen LogP contribution in [0.15, 0.2) is 73.2 Å². The van der Waals surface area contributed by atoms with Crippen LogP contribution in [-0.2, 0) is 0 Å². The average molecular weight is 301 g/mol. The number of hydrogen-bond donors (Lipinski definition) is 2. The van der Waals surface area contributed by atoms with Gasteiger partial charge in [0.2, 0.25) is 0 Å². The van der Waals surface area contributed by atoms with Crippen molar-refractivity contribution in [1.29, 1.82) is 0 Å². The van der Waals surface area contributed by atoms with Crippen molar-refractivity contribution in [2.24, 2.45) is 0 Å². The molecule has 2 aromatic carbocycles. The molecule has 5 nitrogen and oxygen atoms in total. The van der Waals surface area contributed by atoms with Crippen molar-refractivity contribution in [2.45, 2.75) is 0 Å². The largest absolute Gasteiger partial charge is 0.399 e. The van der Waals surface area contributed by atoms with Crippen LogP contribution in [-0.4, -0.2) is 14.4 Å². The summed E-state index contributed by atoms with van der Waals surface area (Å²) >= 11 is 0. The Morgan fingerprint density at radius 2 is 1.83 bits per heavy atom. The van der Waals surface area contributed by atoms with Gasteiger partial charge in [-0.15, -0.1) is 0 Å². The summed E-state index contributed by atoms with van der Waals surface area (Å²) in [6, 6.07) is 17.7. The van der Waals surface area contributed by atoms with Gasteiger partial charge in [0, 0.05) is 29.3 Å². The Hall–Kier alpha value is -3.34.